The number of thiol groups is 1. The standard InChI is InChI=1S/C17H17Br2NO2S/c1-9-4-6-12(7-5-9)15-11(3)16(18)17(20-23)10(2)13(15)8-14(21)22-19/h4-7,20,23H,8H2,1-3H3. The Bertz CT molecular complexity index is 745. The Morgan fingerprint density at radius 1 is 1.17 bits per heavy atom. The second-order valence-electron chi connectivity index (χ2n) is 5.40. The van der Waals surface area contributed by atoms with Crippen molar-refractivity contribution >= 4 is 56.7 Å². The molecule has 0 aliphatic rings. The predicted octanol–water partition coefficient (Wildman–Crippen LogP) is 5.69. The fourth-order valence-electron chi connectivity index (χ4n) is 2.66. The molecular formula is C17H17Br2NO2S. The summed E-state index contributed by atoms with van der Waals surface area (Å²) in [6.45, 7) is 6.04. The summed E-state index contributed by atoms with van der Waals surface area (Å²) in [5.74, 6) is -0.340. The predicted molar refractivity (Wildman–Crippen MR) is 105 cm³/mol. The number of nitrogens with one attached hydrogen (secondary N) is 1. The summed E-state index contributed by atoms with van der Waals surface area (Å²) < 4.78 is 8.53. The Labute approximate surface area is 158 Å². The van der Waals surface area contributed by atoms with Crippen LogP contribution in [0, 0.1) is 20.8 Å². The van der Waals surface area contributed by atoms with Gasteiger partial charge in [-0.25, -0.2) is 0 Å². The van der Waals surface area contributed by atoms with Crippen molar-refractivity contribution in [3.8, 4) is 11.1 Å². The number of halogens is 2. The molecule has 0 saturated carbocycles. The molecule has 6 heteroatoms. The zero-order chi connectivity index (χ0) is 17.1. The SMILES string of the molecule is Cc1ccc(-c2c(C)c(Br)c(NS)c(C)c2CC(=O)OBr)cc1. The third kappa shape index (κ3) is 3.75. The number of benzene rings is 2. The van der Waals surface area contributed by atoms with Crippen molar-refractivity contribution in [2.75, 3.05) is 4.72 Å². The normalized spacial score (nSPS) is 10.5. The molecule has 0 unspecified atom stereocenters. The van der Waals surface area contributed by atoms with E-state index in [2.05, 4.69) is 84.7 Å². The highest BCUT2D eigenvalue weighted by atomic mass is 79.9. The topological polar surface area (TPSA) is 38.3 Å². The molecule has 0 amide bonds. The molecule has 0 saturated heterocycles. The van der Waals surface area contributed by atoms with Crippen LogP contribution < -0.4 is 4.72 Å². The van der Waals surface area contributed by atoms with E-state index in [4.69, 9.17) is 0 Å². The van der Waals surface area contributed by atoms with Gasteiger partial charge in [-0.05, 0) is 64.5 Å². The van der Waals surface area contributed by atoms with E-state index in [1.807, 2.05) is 13.8 Å². The summed E-state index contributed by atoms with van der Waals surface area (Å²) >= 11 is 10.6. The van der Waals surface area contributed by atoms with E-state index >= 15 is 0 Å². The van der Waals surface area contributed by atoms with Crippen molar-refractivity contribution in [2.24, 2.45) is 0 Å². The Kier molecular flexibility index (Phi) is 6.17. The molecule has 1 N–H and O–H groups in total. The highest BCUT2D eigenvalue weighted by Gasteiger charge is 2.21. The van der Waals surface area contributed by atoms with Gasteiger partial charge in [-0.1, -0.05) is 42.6 Å². The van der Waals surface area contributed by atoms with E-state index in [-0.39, 0.29) is 12.4 Å². The lowest BCUT2D eigenvalue weighted by Gasteiger charge is -2.21. The monoisotopic (exact) mass is 457 g/mol. The van der Waals surface area contributed by atoms with Gasteiger partial charge < -0.3 is 8.55 Å². The van der Waals surface area contributed by atoms with E-state index in [0.29, 0.717) is 0 Å². The molecule has 2 aromatic carbocycles. The molecule has 2 aromatic rings. The molecule has 0 atom stereocenters. The Hall–Kier alpha value is -0.980. The second-order valence-corrected chi connectivity index (χ2v) is 6.74. The van der Waals surface area contributed by atoms with Gasteiger partial charge >= 0.3 is 5.97 Å². The summed E-state index contributed by atoms with van der Waals surface area (Å²) in [6, 6.07) is 8.27. The van der Waals surface area contributed by atoms with Crippen molar-refractivity contribution in [2.45, 2.75) is 27.2 Å². The van der Waals surface area contributed by atoms with Crippen molar-refractivity contribution in [1.82, 2.24) is 0 Å². The van der Waals surface area contributed by atoms with Crippen molar-refractivity contribution in [3.05, 3.63) is 51.0 Å². The van der Waals surface area contributed by atoms with Crippen LogP contribution in [0.4, 0.5) is 5.69 Å². The van der Waals surface area contributed by atoms with Gasteiger partial charge in [0.2, 0.25) is 0 Å². The molecule has 0 fully saturated rings. The van der Waals surface area contributed by atoms with E-state index in [0.717, 1.165) is 38.0 Å². The van der Waals surface area contributed by atoms with Crippen LogP contribution in [0.1, 0.15) is 22.3 Å². The summed E-state index contributed by atoms with van der Waals surface area (Å²) in [5.41, 5.74) is 7.10. The number of carbonyl (C=O) groups excluding carboxylic acids is 1. The summed E-state index contributed by atoms with van der Waals surface area (Å²) in [7, 11) is 0. The maximum Gasteiger partial charge on any atom is 0.321 e. The fraction of sp³-hybridized carbons (Fsp3) is 0.235. The van der Waals surface area contributed by atoms with Gasteiger partial charge in [0, 0.05) is 4.47 Å². The highest BCUT2D eigenvalue weighted by Crippen LogP contribution is 2.41. The van der Waals surface area contributed by atoms with Crippen LogP contribution in [-0.2, 0) is 15.0 Å². The summed E-state index contributed by atoms with van der Waals surface area (Å²) in [5, 5.41) is 0. The van der Waals surface area contributed by atoms with Crippen LogP contribution in [0.15, 0.2) is 28.7 Å². The molecule has 3 nitrogen and oxygen atoms in total. The minimum atomic E-state index is -0.340. The average molecular weight is 459 g/mol. The van der Waals surface area contributed by atoms with Crippen LogP contribution in [0.3, 0.4) is 0 Å². The number of rotatable bonds is 4. The largest absolute Gasteiger partial charge is 0.383 e. The first-order valence-corrected chi connectivity index (χ1v) is 8.89. The van der Waals surface area contributed by atoms with Gasteiger partial charge in [0.1, 0.15) is 0 Å². The minimum absolute atomic E-state index is 0.177. The Morgan fingerprint density at radius 2 is 1.78 bits per heavy atom. The second kappa shape index (κ2) is 7.73. The number of carbonyl (C=O) groups is 1. The number of hydrogen-bond donors (Lipinski definition) is 2. The molecule has 0 aliphatic carbocycles. The summed E-state index contributed by atoms with van der Waals surface area (Å²) in [4.78, 5) is 11.8. The molecule has 0 radical (unpaired) electrons. The molecule has 0 aromatic heterocycles. The molecule has 0 bridgehead atoms. The molecule has 0 aliphatic heterocycles. The quantitative estimate of drug-likeness (QED) is 0.577. The van der Waals surface area contributed by atoms with Crippen LogP contribution >= 0.6 is 45.0 Å². The van der Waals surface area contributed by atoms with Crippen molar-refractivity contribution < 1.29 is 8.62 Å². The van der Waals surface area contributed by atoms with Crippen molar-refractivity contribution in [3.63, 3.8) is 0 Å². The van der Waals surface area contributed by atoms with Crippen LogP contribution in [-0.4, -0.2) is 5.97 Å². The van der Waals surface area contributed by atoms with Gasteiger partial charge in [-0.15, -0.1) is 0 Å². The van der Waals surface area contributed by atoms with E-state index < -0.39 is 0 Å². The lowest BCUT2D eigenvalue weighted by atomic mass is 9.89. The molecule has 2 rings (SSSR count). The first kappa shape index (κ1) is 18.4. The number of aryl methyl sites for hydroxylation is 1. The highest BCUT2D eigenvalue weighted by molar-refractivity contribution is 9.10. The maximum atomic E-state index is 11.8. The van der Waals surface area contributed by atoms with Gasteiger partial charge in [-0.3, -0.25) is 4.79 Å². The first-order chi connectivity index (χ1) is 10.9. The maximum absolute atomic E-state index is 11.8. The van der Waals surface area contributed by atoms with E-state index in [1.54, 1.807) is 0 Å². The molecule has 0 heterocycles. The lowest BCUT2D eigenvalue weighted by Crippen LogP contribution is -2.08. The lowest BCUT2D eigenvalue weighted by molar-refractivity contribution is -0.131. The van der Waals surface area contributed by atoms with Gasteiger partial charge in [0.15, 0.2) is 16.3 Å². The van der Waals surface area contributed by atoms with Crippen molar-refractivity contribution in [1.29, 1.82) is 0 Å². The Balaban J connectivity index is 2.76. The zero-order valence-corrected chi connectivity index (χ0v) is 17.1. The molecule has 23 heavy (non-hydrogen) atoms. The van der Waals surface area contributed by atoms with Gasteiger partial charge in [0.05, 0.1) is 12.1 Å². The van der Waals surface area contributed by atoms with Crippen LogP contribution in [0.5, 0.6) is 0 Å². The van der Waals surface area contributed by atoms with Gasteiger partial charge in [-0.2, -0.15) is 0 Å². The Morgan fingerprint density at radius 3 is 2.30 bits per heavy atom. The van der Waals surface area contributed by atoms with Gasteiger partial charge in [0.25, 0.3) is 0 Å². The first-order valence-electron chi connectivity index (χ1n) is 7.00. The molecule has 0 spiro atoms. The average Bonchev–Trinajstić information content (AvgIpc) is 2.54. The third-order valence-corrected chi connectivity index (χ3v) is 5.49. The summed E-state index contributed by atoms with van der Waals surface area (Å²) in [6.07, 6.45) is 0.177. The van der Waals surface area contributed by atoms with Crippen LogP contribution in [0.25, 0.3) is 11.1 Å². The number of anilines is 1. The van der Waals surface area contributed by atoms with E-state index in [9.17, 15) is 4.79 Å². The minimum Gasteiger partial charge on any atom is -0.383 e. The fourth-order valence-corrected chi connectivity index (χ4v) is 3.80. The zero-order valence-electron chi connectivity index (χ0n) is 13.0. The van der Waals surface area contributed by atoms with E-state index in [1.165, 1.54) is 5.56 Å². The third-order valence-electron chi connectivity index (χ3n) is 3.91. The van der Waals surface area contributed by atoms with Crippen LogP contribution in [0.2, 0.25) is 0 Å². The molecule has 122 valence electrons. The number of hydrogen-bond acceptors (Lipinski definition) is 4. The molecular weight excluding hydrogens is 442 g/mol. The smallest absolute Gasteiger partial charge is 0.321 e.